The molecular formula is C6H13ClNO2S. The third-order valence-corrected chi connectivity index (χ3v) is 3.22. The molecule has 0 bridgehead atoms. The van der Waals surface area contributed by atoms with E-state index in [1.807, 2.05) is 6.92 Å². The summed E-state index contributed by atoms with van der Waals surface area (Å²) in [6.07, 6.45) is 0. The van der Waals surface area contributed by atoms with Crippen LogP contribution in [0, 0.1) is 0 Å². The molecule has 0 heterocycles. The quantitative estimate of drug-likeness (QED) is 0.454. The number of nitrogens with zero attached hydrogens (tertiary/aromatic N) is 1. The van der Waals surface area contributed by atoms with Crippen molar-refractivity contribution < 1.29 is 8.42 Å². The van der Waals surface area contributed by atoms with Crippen molar-refractivity contribution in [2.45, 2.75) is 6.92 Å². The van der Waals surface area contributed by atoms with Crippen LogP contribution in [0.1, 0.15) is 6.92 Å². The monoisotopic (exact) mass is 198 g/mol. The average Bonchev–Trinajstić information content (AvgIpc) is 1.87. The van der Waals surface area contributed by atoms with Gasteiger partial charge in [0.2, 0.25) is 0 Å². The van der Waals surface area contributed by atoms with E-state index in [9.17, 15) is 8.42 Å². The summed E-state index contributed by atoms with van der Waals surface area (Å²) in [6, 6.07) is 0. The highest BCUT2D eigenvalue weighted by atomic mass is 35.5. The highest BCUT2D eigenvalue weighted by Crippen LogP contribution is 1.90. The van der Waals surface area contributed by atoms with Gasteiger partial charge in [-0.25, -0.2) is 13.7 Å². The molecule has 1 radical (unpaired) electrons. The Morgan fingerprint density at radius 3 is 2.45 bits per heavy atom. The molecule has 0 spiro atoms. The minimum atomic E-state index is -2.93. The van der Waals surface area contributed by atoms with Gasteiger partial charge in [-0.05, 0) is 0 Å². The summed E-state index contributed by atoms with van der Waals surface area (Å²) in [7, 11) is -2.93. The first-order valence-electron chi connectivity index (χ1n) is 3.52. The summed E-state index contributed by atoms with van der Waals surface area (Å²) < 4.78 is 21.9. The van der Waals surface area contributed by atoms with Gasteiger partial charge in [0.25, 0.3) is 0 Å². The molecule has 11 heavy (non-hydrogen) atoms. The molecule has 0 saturated heterocycles. The average molecular weight is 199 g/mol. The van der Waals surface area contributed by atoms with Crippen LogP contribution >= 0.6 is 11.6 Å². The summed E-state index contributed by atoms with van der Waals surface area (Å²) in [5, 5.41) is 3.92. The van der Waals surface area contributed by atoms with Gasteiger partial charge in [-0.15, -0.1) is 11.6 Å². The zero-order valence-corrected chi connectivity index (χ0v) is 8.16. The van der Waals surface area contributed by atoms with Crippen molar-refractivity contribution in [1.82, 2.24) is 5.32 Å². The number of alkyl halides is 1. The molecule has 0 amide bonds. The fourth-order valence-electron chi connectivity index (χ4n) is 0.581. The molecule has 0 aromatic carbocycles. The first-order chi connectivity index (χ1) is 5.12. The molecule has 0 fully saturated rings. The molecule has 0 aliphatic carbocycles. The summed E-state index contributed by atoms with van der Waals surface area (Å²) in [5.41, 5.74) is 0. The van der Waals surface area contributed by atoms with E-state index in [0.29, 0.717) is 13.1 Å². The summed E-state index contributed by atoms with van der Waals surface area (Å²) in [6.45, 7) is 2.96. The lowest BCUT2D eigenvalue weighted by molar-refractivity contribution is 0.592. The lowest BCUT2D eigenvalue weighted by atomic mass is 10.7. The molecule has 0 unspecified atom stereocenters. The second-order valence-corrected chi connectivity index (χ2v) is 4.79. The van der Waals surface area contributed by atoms with Gasteiger partial charge in [-0.3, -0.25) is 0 Å². The lowest BCUT2D eigenvalue weighted by Crippen LogP contribution is -2.20. The maximum absolute atomic E-state index is 11.0. The molecule has 0 atom stereocenters. The predicted molar refractivity (Wildman–Crippen MR) is 46.9 cm³/mol. The Morgan fingerprint density at radius 2 is 2.00 bits per heavy atom. The van der Waals surface area contributed by atoms with E-state index in [4.69, 9.17) is 11.6 Å². The van der Waals surface area contributed by atoms with Gasteiger partial charge >= 0.3 is 0 Å². The van der Waals surface area contributed by atoms with Crippen LogP contribution in [-0.2, 0) is 9.84 Å². The summed E-state index contributed by atoms with van der Waals surface area (Å²) in [5.74, 6) is 0.371. The van der Waals surface area contributed by atoms with Gasteiger partial charge in [0.15, 0.2) is 9.84 Å². The highest BCUT2D eigenvalue weighted by molar-refractivity contribution is 7.91. The minimum Gasteiger partial charge on any atom is -0.241 e. The van der Waals surface area contributed by atoms with Crippen LogP contribution < -0.4 is 5.32 Å². The van der Waals surface area contributed by atoms with Crippen LogP contribution in [0.5, 0.6) is 0 Å². The molecule has 67 valence electrons. The summed E-state index contributed by atoms with van der Waals surface area (Å²) >= 11 is 5.29. The molecule has 0 rings (SSSR count). The molecule has 3 nitrogen and oxygen atoms in total. The van der Waals surface area contributed by atoms with E-state index < -0.39 is 9.84 Å². The van der Waals surface area contributed by atoms with Crippen LogP contribution in [0.4, 0.5) is 0 Å². The molecule has 0 aromatic heterocycles. The van der Waals surface area contributed by atoms with Crippen molar-refractivity contribution in [3.8, 4) is 0 Å². The van der Waals surface area contributed by atoms with E-state index in [-0.39, 0.29) is 17.4 Å². The Balaban J connectivity index is 3.56. The molecular weight excluding hydrogens is 186 g/mol. The van der Waals surface area contributed by atoms with Gasteiger partial charge < -0.3 is 0 Å². The zero-order valence-electron chi connectivity index (χ0n) is 6.59. The normalized spacial score (nSPS) is 11.8. The van der Waals surface area contributed by atoms with Crippen LogP contribution in [0.3, 0.4) is 0 Å². The third-order valence-electron chi connectivity index (χ3n) is 1.17. The van der Waals surface area contributed by atoms with E-state index in [0.717, 1.165) is 0 Å². The van der Waals surface area contributed by atoms with Gasteiger partial charge in [0, 0.05) is 19.0 Å². The third kappa shape index (κ3) is 6.59. The van der Waals surface area contributed by atoms with Crippen molar-refractivity contribution in [1.29, 1.82) is 0 Å². The van der Waals surface area contributed by atoms with Crippen molar-refractivity contribution >= 4 is 21.4 Å². The summed E-state index contributed by atoms with van der Waals surface area (Å²) in [4.78, 5) is 0. The lowest BCUT2D eigenvalue weighted by Gasteiger charge is -2.00. The highest BCUT2D eigenvalue weighted by Gasteiger charge is 2.08. The largest absolute Gasteiger partial charge is 0.241 e. The molecule has 5 heteroatoms. The fourth-order valence-corrected chi connectivity index (χ4v) is 2.13. The van der Waals surface area contributed by atoms with Crippen LogP contribution in [0.15, 0.2) is 0 Å². The molecule has 0 N–H and O–H groups in total. The van der Waals surface area contributed by atoms with Crippen molar-refractivity contribution in [3.05, 3.63) is 0 Å². The van der Waals surface area contributed by atoms with Crippen molar-refractivity contribution in [2.24, 2.45) is 0 Å². The topological polar surface area (TPSA) is 48.2 Å². The van der Waals surface area contributed by atoms with E-state index in [1.165, 1.54) is 0 Å². The van der Waals surface area contributed by atoms with Crippen LogP contribution in [-0.4, -0.2) is 38.9 Å². The minimum absolute atomic E-state index is 0.0633. The second-order valence-electron chi connectivity index (χ2n) is 2.10. The van der Waals surface area contributed by atoms with E-state index in [1.54, 1.807) is 0 Å². The second kappa shape index (κ2) is 5.80. The van der Waals surface area contributed by atoms with Crippen LogP contribution in [0.25, 0.3) is 0 Å². The number of rotatable bonds is 6. The Bertz CT molecular complexity index is 179. The number of hydrogen-bond donors (Lipinski definition) is 0. The standard InChI is InChI=1S/C6H13ClNO2S/c1-2-8-4-6-11(9,10)5-3-7/h2-6H2,1H3. The molecule has 0 saturated carbocycles. The Kier molecular flexibility index (Phi) is 5.91. The van der Waals surface area contributed by atoms with Crippen molar-refractivity contribution in [2.75, 3.05) is 30.5 Å². The molecule has 0 aliphatic rings. The first kappa shape index (κ1) is 11.2. The molecule has 0 aromatic rings. The van der Waals surface area contributed by atoms with E-state index in [2.05, 4.69) is 5.32 Å². The fraction of sp³-hybridized carbons (Fsp3) is 1.00. The van der Waals surface area contributed by atoms with Crippen molar-refractivity contribution in [3.63, 3.8) is 0 Å². The molecule has 0 aliphatic heterocycles. The maximum Gasteiger partial charge on any atom is 0.152 e. The van der Waals surface area contributed by atoms with Crippen LogP contribution in [0.2, 0.25) is 0 Å². The zero-order chi connectivity index (χ0) is 8.74. The number of sulfone groups is 1. The number of hydrogen-bond acceptors (Lipinski definition) is 2. The smallest absolute Gasteiger partial charge is 0.152 e. The number of halogens is 1. The Labute approximate surface area is 73.0 Å². The van der Waals surface area contributed by atoms with Gasteiger partial charge in [0.1, 0.15) is 0 Å². The predicted octanol–water partition coefficient (Wildman–Crippen LogP) is 0.264. The SMILES string of the molecule is CC[N]CCS(=O)(=O)CCCl. The van der Waals surface area contributed by atoms with Gasteiger partial charge in [0.05, 0.1) is 11.5 Å². The van der Waals surface area contributed by atoms with Gasteiger partial charge in [-0.1, -0.05) is 6.92 Å². The maximum atomic E-state index is 11.0. The van der Waals surface area contributed by atoms with Gasteiger partial charge in [-0.2, -0.15) is 0 Å². The first-order valence-corrected chi connectivity index (χ1v) is 5.87. The van der Waals surface area contributed by atoms with E-state index >= 15 is 0 Å². The Morgan fingerprint density at radius 1 is 1.36 bits per heavy atom. The Hall–Kier alpha value is 0.200.